The molecule has 9 N–H and O–H groups in total. The molecule has 0 aliphatic carbocycles. The van der Waals surface area contributed by atoms with Crippen LogP contribution in [0, 0.1) is 5.92 Å². The summed E-state index contributed by atoms with van der Waals surface area (Å²) in [5.41, 5.74) is 10.5. The Balaban J connectivity index is 1.53. The van der Waals surface area contributed by atoms with Gasteiger partial charge < -0.3 is 35.8 Å². The number of phosphoric ester groups is 2. The number of unbranched alkanes of at least 4 members (excludes halogenated alkanes) is 3. The Labute approximate surface area is 237 Å². The van der Waals surface area contributed by atoms with Crippen LogP contribution in [0.15, 0.2) is 11.1 Å². The standard InChI is InChI=1S/C17H32N6O15P4/c1-11-8-13(23-10-20-14-15(23)21-17(19)22-16(14)24)35-12(11)9-34-40(27,28)37-42(31,32)38-41(29,30)36-39(25,26)33-7-5-3-2-4-6-18/h10-13H,2-9,18H2,1H3,(H,25,26)(H,27,28)(H,29,30)(H,31,32)(H3,19,21,22,24). The van der Waals surface area contributed by atoms with Crippen LogP contribution in [0.4, 0.5) is 5.95 Å². The Hall–Kier alpha value is -1.37. The molecule has 240 valence electrons. The van der Waals surface area contributed by atoms with Gasteiger partial charge in [-0.05, 0) is 31.7 Å². The summed E-state index contributed by atoms with van der Waals surface area (Å²) in [5.74, 6) is -0.496. The van der Waals surface area contributed by atoms with Crippen molar-refractivity contribution < 1.29 is 64.6 Å². The van der Waals surface area contributed by atoms with Gasteiger partial charge in [-0.25, -0.2) is 23.2 Å². The van der Waals surface area contributed by atoms with Gasteiger partial charge in [-0.3, -0.25) is 23.4 Å². The normalized spacial score (nSPS) is 25.0. The molecule has 25 heteroatoms. The summed E-state index contributed by atoms with van der Waals surface area (Å²) in [4.78, 5) is 61.1. The van der Waals surface area contributed by atoms with Crippen LogP contribution in [-0.2, 0) is 45.0 Å². The first-order valence-electron chi connectivity index (χ1n) is 12.2. The fourth-order valence-electron chi connectivity index (χ4n) is 3.81. The maximum atomic E-state index is 12.3. The maximum Gasteiger partial charge on any atom is 0.490 e. The van der Waals surface area contributed by atoms with E-state index in [4.69, 9.17) is 20.7 Å². The number of nitrogens with one attached hydrogen (secondary N) is 1. The van der Waals surface area contributed by atoms with Crippen molar-refractivity contribution in [1.82, 2.24) is 19.5 Å². The van der Waals surface area contributed by atoms with Gasteiger partial charge in [-0.1, -0.05) is 19.8 Å². The molecule has 21 nitrogen and oxygen atoms in total. The summed E-state index contributed by atoms with van der Waals surface area (Å²) >= 11 is 0. The van der Waals surface area contributed by atoms with Gasteiger partial charge in [0.2, 0.25) is 5.95 Å². The fourth-order valence-corrected chi connectivity index (χ4v) is 8.79. The molecular weight excluding hydrogens is 652 g/mol. The quantitative estimate of drug-likeness (QED) is 0.0919. The second-order valence-electron chi connectivity index (χ2n) is 9.07. The number of phosphoric acid groups is 4. The first kappa shape index (κ1) is 35.1. The zero-order chi connectivity index (χ0) is 31.3. The van der Waals surface area contributed by atoms with Gasteiger partial charge in [0.25, 0.3) is 5.56 Å². The second kappa shape index (κ2) is 14.2. The fraction of sp³-hybridized carbons (Fsp3) is 0.706. The number of fused-ring (bicyclic) bond motifs is 1. The van der Waals surface area contributed by atoms with E-state index in [0.29, 0.717) is 32.2 Å². The van der Waals surface area contributed by atoms with Gasteiger partial charge in [0.05, 0.1) is 25.6 Å². The van der Waals surface area contributed by atoms with Crippen LogP contribution in [-0.4, -0.2) is 65.0 Å². The number of anilines is 1. The number of nitrogens with zero attached hydrogens (tertiary/aromatic N) is 3. The molecule has 2 aromatic heterocycles. The molecule has 1 aliphatic heterocycles. The zero-order valence-electron chi connectivity index (χ0n) is 22.0. The number of imidazole rings is 1. The monoisotopic (exact) mass is 684 g/mol. The number of aromatic amines is 1. The minimum Gasteiger partial charge on any atom is -0.369 e. The van der Waals surface area contributed by atoms with Crippen molar-refractivity contribution in [2.45, 2.75) is 51.4 Å². The van der Waals surface area contributed by atoms with E-state index in [1.807, 2.05) is 0 Å². The predicted octanol–water partition coefficient (Wildman–Crippen LogP) is 1.63. The number of H-pyrrole nitrogens is 1. The topological polar surface area (TPSA) is 320 Å². The van der Waals surface area contributed by atoms with Crippen LogP contribution < -0.4 is 17.0 Å². The molecule has 1 aliphatic rings. The molecule has 0 radical (unpaired) electrons. The number of hydrogen-bond acceptors (Lipinski definition) is 15. The SMILES string of the molecule is CC1CC(n2cnc3c(=O)[nH]c(N)nc32)OC1COP(=O)(O)OP(=O)(O)OP(=O)(O)OP(=O)(O)OCCCCCCN. The van der Waals surface area contributed by atoms with E-state index in [0.717, 1.165) is 0 Å². The van der Waals surface area contributed by atoms with Crippen molar-refractivity contribution >= 4 is 48.4 Å². The summed E-state index contributed by atoms with van der Waals surface area (Å²) < 4.78 is 76.5. The first-order valence-corrected chi connectivity index (χ1v) is 18.2. The largest absolute Gasteiger partial charge is 0.490 e. The highest BCUT2D eigenvalue weighted by Crippen LogP contribution is 2.71. The third kappa shape index (κ3) is 10.4. The van der Waals surface area contributed by atoms with Crippen molar-refractivity contribution in [3.8, 4) is 0 Å². The zero-order valence-corrected chi connectivity index (χ0v) is 25.6. The van der Waals surface area contributed by atoms with Crippen molar-refractivity contribution in [3.63, 3.8) is 0 Å². The van der Waals surface area contributed by atoms with Crippen molar-refractivity contribution in [2.24, 2.45) is 11.7 Å². The third-order valence-electron chi connectivity index (χ3n) is 5.67. The molecule has 1 fully saturated rings. The lowest BCUT2D eigenvalue weighted by atomic mass is 10.0. The highest BCUT2D eigenvalue weighted by atomic mass is 31.3. The number of ether oxygens (including phenoxy) is 1. The molecule has 7 atom stereocenters. The van der Waals surface area contributed by atoms with Gasteiger partial charge in [0.15, 0.2) is 11.2 Å². The average molecular weight is 684 g/mol. The Kier molecular flexibility index (Phi) is 11.8. The molecule has 3 heterocycles. The van der Waals surface area contributed by atoms with Crippen LogP contribution >= 0.6 is 31.3 Å². The van der Waals surface area contributed by atoms with Gasteiger partial charge in [-0.2, -0.15) is 17.9 Å². The van der Waals surface area contributed by atoms with E-state index in [9.17, 15) is 42.6 Å². The molecule has 0 amide bonds. The first-order chi connectivity index (χ1) is 19.4. The molecule has 1 saturated heterocycles. The summed E-state index contributed by atoms with van der Waals surface area (Å²) in [5, 5.41) is 0. The predicted molar refractivity (Wildman–Crippen MR) is 142 cm³/mol. The van der Waals surface area contributed by atoms with Gasteiger partial charge in [-0.15, -0.1) is 0 Å². The number of rotatable bonds is 17. The molecule has 42 heavy (non-hydrogen) atoms. The number of nitrogen functional groups attached to an aromatic ring is 1. The molecule has 0 aromatic carbocycles. The minimum absolute atomic E-state index is 0.000275. The lowest BCUT2D eigenvalue weighted by Gasteiger charge is -2.21. The van der Waals surface area contributed by atoms with Gasteiger partial charge >= 0.3 is 31.3 Å². The molecule has 7 unspecified atom stereocenters. The highest BCUT2D eigenvalue weighted by Gasteiger charge is 2.46. The molecule has 2 aromatic rings. The Morgan fingerprint density at radius 3 is 2.24 bits per heavy atom. The van der Waals surface area contributed by atoms with Gasteiger partial charge in [0, 0.05) is 0 Å². The van der Waals surface area contributed by atoms with Gasteiger partial charge in [0.1, 0.15) is 6.23 Å². The maximum absolute atomic E-state index is 12.3. The lowest BCUT2D eigenvalue weighted by molar-refractivity contribution is -0.0273. The smallest absolute Gasteiger partial charge is 0.369 e. The highest BCUT2D eigenvalue weighted by molar-refractivity contribution is 7.69. The van der Waals surface area contributed by atoms with E-state index in [1.165, 1.54) is 10.9 Å². The van der Waals surface area contributed by atoms with Crippen LogP contribution in [0.3, 0.4) is 0 Å². The third-order valence-corrected chi connectivity index (χ3v) is 11.6. The van der Waals surface area contributed by atoms with E-state index in [1.54, 1.807) is 6.92 Å². The molecule has 3 rings (SSSR count). The van der Waals surface area contributed by atoms with Crippen molar-refractivity contribution in [1.29, 1.82) is 0 Å². The summed E-state index contributed by atoms with van der Waals surface area (Å²) in [7, 11) is -22.5. The minimum atomic E-state index is -5.91. The Morgan fingerprint density at radius 2 is 1.60 bits per heavy atom. The van der Waals surface area contributed by atoms with Crippen LogP contribution in [0.1, 0.15) is 45.3 Å². The number of aromatic nitrogens is 4. The summed E-state index contributed by atoms with van der Waals surface area (Å²) in [6.07, 6.45) is 2.20. The van der Waals surface area contributed by atoms with E-state index in [-0.39, 0.29) is 36.1 Å². The van der Waals surface area contributed by atoms with E-state index in [2.05, 4.69) is 32.4 Å². The summed E-state index contributed by atoms with van der Waals surface area (Å²) in [6, 6.07) is 0. The average Bonchev–Trinajstić information content (AvgIpc) is 3.40. The molecular formula is C17H32N6O15P4. The number of hydrogen-bond donors (Lipinski definition) is 7. The Morgan fingerprint density at radius 1 is 1.00 bits per heavy atom. The van der Waals surface area contributed by atoms with Crippen molar-refractivity contribution in [3.05, 3.63) is 16.7 Å². The van der Waals surface area contributed by atoms with E-state index >= 15 is 0 Å². The lowest BCUT2D eigenvalue weighted by Crippen LogP contribution is -2.21. The molecule has 0 saturated carbocycles. The van der Waals surface area contributed by atoms with Crippen LogP contribution in [0.25, 0.3) is 11.2 Å². The molecule has 0 bridgehead atoms. The number of nitrogens with two attached hydrogens (primary N) is 2. The molecule has 0 spiro atoms. The van der Waals surface area contributed by atoms with Crippen molar-refractivity contribution in [2.75, 3.05) is 25.5 Å². The van der Waals surface area contributed by atoms with Crippen LogP contribution in [0.2, 0.25) is 0 Å². The second-order valence-corrected chi connectivity index (χ2v) is 15.3. The summed E-state index contributed by atoms with van der Waals surface area (Å²) in [6.45, 7) is 1.11. The van der Waals surface area contributed by atoms with Crippen LogP contribution in [0.5, 0.6) is 0 Å². The Bertz CT molecular complexity index is 1480. The van der Waals surface area contributed by atoms with E-state index < -0.39 is 55.8 Å².